The van der Waals surface area contributed by atoms with Crippen LogP contribution in [-0.2, 0) is 4.79 Å². The SMILES string of the molecule is C#CCCCN1CCCNC(=O)C1. The van der Waals surface area contributed by atoms with Crippen LogP contribution in [0.4, 0.5) is 0 Å². The number of amides is 1. The van der Waals surface area contributed by atoms with Crippen LogP contribution in [0.15, 0.2) is 0 Å². The molecule has 1 heterocycles. The van der Waals surface area contributed by atoms with Crippen molar-refractivity contribution in [2.24, 2.45) is 0 Å². The largest absolute Gasteiger partial charge is 0.355 e. The number of hydrogen-bond acceptors (Lipinski definition) is 2. The van der Waals surface area contributed by atoms with Crippen LogP contribution in [0.25, 0.3) is 0 Å². The van der Waals surface area contributed by atoms with Crippen molar-refractivity contribution >= 4 is 5.91 Å². The van der Waals surface area contributed by atoms with Gasteiger partial charge in [-0.1, -0.05) is 0 Å². The molecular weight excluding hydrogens is 164 g/mol. The lowest BCUT2D eigenvalue weighted by atomic mass is 10.3. The van der Waals surface area contributed by atoms with E-state index in [0.29, 0.717) is 6.54 Å². The quantitative estimate of drug-likeness (QED) is 0.498. The summed E-state index contributed by atoms with van der Waals surface area (Å²) in [6.45, 7) is 3.29. The number of rotatable bonds is 3. The lowest BCUT2D eigenvalue weighted by Crippen LogP contribution is -2.33. The molecule has 1 N–H and O–H groups in total. The van der Waals surface area contributed by atoms with Gasteiger partial charge in [0, 0.05) is 19.5 Å². The van der Waals surface area contributed by atoms with E-state index in [0.717, 1.165) is 38.9 Å². The Morgan fingerprint density at radius 2 is 2.46 bits per heavy atom. The van der Waals surface area contributed by atoms with Crippen LogP contribution < -0.4 is 5.32 Å². The van der Waals surface area contributed by atoms with Gasteiger partial charge >= 0.3 is 0 Å². The standard InChI is InChI=1S/C10H16N2O/c1-2-3-4-7-12-8-5-6-11-10(13)9-12/h1H,3-9H2,(H,11,13). The van der Waals surface area contributed by atoms with E-state index < -0.39 is 0 Å². The second kappa shape index (κ2) is 5.60. The number of hydrogen-bond donors (Lipinski definition) is 1. The van der Waals surface area contributed by atoms with Gasteiger partial charge in [-0.3, -0.25) is 9.69 Å². The van der Waals surface area contributed by atoms with Crippen molar-refractivity contribution in [2.75, 3.05) is 26.2 Å². The Hall–Kier alpha value is -1.01. The molecule has 1 saturated heterocycles. The summed E-state index contributed by atoms with van der Waals surface area (Å²) in [6.07, 6.45) is 7.99. The van der Waals surface area contributed by atoms with E-state index in [2.05, 4.69) is 16.1 Å². The van der Waals surface area contributed by atoms with Gasteiger partial charge in [-0.2, -0.15) is 0 Å². The maximum atomic E-state index is 11.1. The van der Waals surface area contributed by atoms with E-state index in [4.69, 9.17) is 6.42 Å². The normalized spacial score (nSPS) is 18.8. The zero-order valence-electron chi connectivity index (χ0n) is 7.88. The van der Waals surface area contributed by atoms with E-state index in [-0.39, 0.29) is 5.91 Å². The molecular formula is C10H16N2O. The van der Waals surface area contributed by atoms with Crippen molar-refractivity contribution in [1.29, 1.82) is 0 Å². The Morgan fingerprint density at radius 3 is 3.23 bits per heavy atom. The Kier molecular flexibility index (Phi) is 4.34. The maximum Gasteiger partial charge on any atom is 0.234 e. The summed E-state index contributed by atoms with van der Waals surface area (Å²) in [6, 6.07) is 0. The molecule has 0 aliphatic carbocycles. The molecule has 0 atom stereocenters. The van der Waals surface area contributed by atoms with Gasteiger partial charge in [0.1, 0.15) is 0 Å². The van der Waals surface area contributed by atoms with E-state index in [1.165, 1.54) is 0 Å². The van der Waals surface area contributed by atoms with Crippen LogP contribution in [0.5, 0.6) is 0 Å². The fourth-order valence-electron chi connectivity index (χ4n) is 1.46. The van der Waals surface area contributed by atoms with Crippen LogP contribution in [-0.4, -0.2) is 37.0 Å². The first-order chi connectivity index (χ1) is 6.33. The molecule has 0 aromatic rings. The number of carbonyl (C=O) groups is 1. The lowest BCUT2D eigenvalue weighted by molar-refractivity contribution is -0.121. The molecule has 13 heavy (non-hydrogen) atoms. The first-order valence-electron chi connectivity index (χ1n) is 4.75. The third kappa shape index (κ3) is 3.95. The minimum Gasteiger partial charge on any atom is -0.355 e. The average molecular weight is 180 g/mol. The van der Waals surface area contributed by atoms with Crippen molar-refractivity contribution in [3.05, 3.63) is 0 Å². The molecule has 72 valence electrons. The second-order valence-corrected chi connectivity index (χ2v) is 3.29. The maximum absolute atomic E-state index is 11.1. The smallest absolute Gasteiger partial charge is 0.234 e. The van der Waals surface area contributed by atoms with E-state index in [9.17, 15) is 4.79 Å². The van der Waals surface area contributed by atoms with Crippen molar-refractivity contribution < 1.29 is 4.79 Å². The van der Waals surface area contributed by atoms with E-state index >= 15 is 0 Å². The highest BCUT2D eigenvalue weighted by Crippen LogP contribution is 1.98. The monoisotopic (exact) mass is 180 g/mol. The fourth-order valence-corrected chi connectivity index (χ4v) is 1.46. The first-order valence-corrected chi connectivity index (χ1v) is 4.75. The van der Waals surface area contributed by atoms with Crippen molar-refractivity contribution in [2.45, 2.75) is 19.3 Å². The number of nitrogens with zero attached hydrogens (tertiary/aromatic N) is 1. The Bertz CT molecular complexity index is 207. The summed E-state index contributed by atoms with van der Waals surface area (Å²) in [5.41, 5.74) is 0. The molecule has 1 aliphatic heterocycles. The molecule has 1 fully saturated rings. The van der Waals surface area contributed by atoms with Gasteiger partial charge in [0.05, 0.1) is 6.54 Å². The Morgan fingerprint density at radius 1 is 1.62 bits per heavy atom. The summed E-state index contributed by atoms with van der Waals surface area (Å²) >= 11 is 0. The molecule has 1 aliphatic rings. The molecule has 3 heteroatoms. The minimum atomic E-state index is 0.137. The van der Waals surface area contributed by atoms with Crippen LogP contribution in [0.1, 0.15) is 19.3 Å². The highest BCUT2D eigenvalue weighted by Gasteiger charge is 2.12. The van der Waals surface area contributed by atoms with Gasteiger partial charge in [-0.15, -0.1) is 12.3 Å². The Labute approximate surface area is 79.5 Å². The van der Waals surface area contributed by atoms with Crippen molar-refractivity contribution in [3.63, 3.8) is 0 Å². The van der Waals surface area contributed by atoms with Crippen molar-refractivity contribution in [1.82, 2.24) is 10.2 Å². The fraction of sp³-hybridized carbons (Fsp3) is 0.700. The van der Waals surface area contributed by atoms with Crippen molar-refractivity contribution in [3.8, 4) is 12.3 Å². The summed E-state index contributed by atoms with van der Waals surface area (Å²) in [5, 5.41) is 2.84. The third-order valence-electron chi connectivity index (χ3n) is 2.14. The predicted molar refractivity (Wildman–Crippen MR) is 52.1 cm³/mol. The van der Waals surface area contributed by atoms with Gasteiger partial charge in [0.2, 0.25) is 5.91 Å². The molecule has 1 rings (SSSR count). The van der Waals surface area contributed by atoms with E-state index in [1.807, 2.05) is 0 Å². The number of unbranched alkanes of at least 4 members (excludes halogenated alkanes) is 1. The minimum absolute atomic E-state index is 0.137. The lowest BCUT2D eigenvalue weighted by Gasteiger charge is -2.17. The van der Waals surface area contributed by atoms with Gasteiger partial charge in [0.25, 0.3) is 0 Å². The molecule has 0 aromatic carbocycles. The molecule has 0 saturated carbocycles. The summed E-state index contributed by atoms with van der Waals surface area (Å²) in [4.78, 5) is 13.3. The molecule has 0 aromatic heterocycles. The summed E-state index contributed by atoms with van der Waals surface area (Å²) < 4.78 is 0. The number of carbonyl (C=O) groups excluding carboxylic acids is 1. The second-order valence-electron chi connectivity index (χ2n) is 3.29. The molecule has 0 unspecified atom stereocenters. The average Bonchev–Trinajstić information content (AvgIpc) is 2.31. The van der Waals surface area contributed by atoms with Gasteiger partial charge in [0.15, 0.2) is 0 Å². The molecule has 0 radical (unpaired) electrons. The first kappa shape index (κ1) is 10.1. The third-order valence-corrected chi connectivity index (χ3v) is 2.14. The van der Waals surface area contributed by atoms with Crippen LogP contribution in [0.3, 0.4) is 0 Å². The summed E-state index contributed by atoms with van der Waals surface area (Å²) in [7, 11) is 0. The van der Waals surface area contributed by atoms with Gasteiger partial charge in [-0.05, 0) is 19.4 Å². The van der Waals surface area contributed by atoms with Crippen LogP contribution in [0, 0.1) is 12.3 Å². The zero-order valence-corrected chi connectivity index (χ0v) is 7.88. The zero-order chi connectivity index (χ0) is 9.52. The highest BCUT2D eigenvalue weighted by atomic mass is 16.2. The van der Waals surface area contributed by atoms with E-state index in [1.54, 1.807) is 0 Å². The molecule has 3 nitrogen and oxygen atoms in total. The summed E-state index contributed by atoms with van der Waals surface area (Å²) in [5.74, 6) is 2.74. The highest BCUT2D eigenvalue weighted by molar-refractivity contribution is 5.78. The Balaban J connectivity index is 2.23. The van der Waals surface area contributed by atoms with Crippen LogP contribution in [0.2, 0.25) is 0 Å². The molecule has 0 spiro atoms. The topological polar surface area (TPSA) is 32.3 Å². The number of nitrogens with one attached hydrogen (secondary N) is 1. The van der Waals surface area contributed by atoms with Gasteiger partial charge < -0.3 is 5.32 Å². The van der Waals surface area contributed by atoms with Crippen LogP contribution >= 0.6 is 0 Å². The van der Waals surface area contributed by atoms with Gasteiger partial charge in [-0.25, -0.2) is 0 Å². The predicted octanol–water partition coefficient (Wildman–Crippen LogP) is 0.222. The molecule has 1 amide bonds. The number of terminal acetylenes is 1. The molecule has 0 bridgehead atoms.